The van der Waals surface area contributed by atoms with Gasteiger partial charge in [0.2, 0.25) is 0 Å². The van der Waals surface area contributed by atoms with Crippen LogP contribution in [0.4, 0.5) is 0 Å². The maximum absolute atomic E-state index is 6.05. The van der Waals surface area contributed by atoms with E-state index in [0.29, 0.717) is 6.04 Å². The quantitative estimate of drug-likeness (QED) is 0.758. The monoisotopic (exact) mass is 233 g/mol. The third-order valence-corrected chi connectivity index (χ3v) is 3.10. The molecule has 2 N–H and O–H groups in total. The molecule has 0 aromatic heterocycles. The van der Waals surface area contributed by atoms with Gasteiger partial charge >= 0.3 is 0 Å². The number of hydrogen-bond acceptors (Lipinski definition) is 1. The second-order valence-electron chi connectivity index (χ2n) is 5.51. The van der Waals surface area contributed by atoms with Crippen molar-refractivity contribution in [1.29, 1.82) is 0 Å². The fourth-order valence-electron chi connectivity index (χ4n) is 2.25. The molecule has 1 atom stereocenters. The topological polar surface area (TPSA) is 26.0 Å². The van der Waals surface area contributed by atoms with E-state index in [1.807, 2.05) is 0 Å². The zero-order valence-electron chi connectivity index (χ0n) is 11.6. The van der Waals surface area contributed by atoms with E-state index in [0.717, 1.165) is 25.2 Å². The summed E-state index contributed by atoms with van der Waals surface area (Å²) < 4.78 is 0. The summed E-state index contributed by atoms with van der Waals surface area (Å²) in [6.07, 6.45) is 5.74. The van der Waals surface area contributed by atoms with Crippen molar-refractivity contribution >= 4 is 0 Å². The Bertz CT molecular complexity index is 317. The fourth-order valence-corrected chi connectivity index (χ4v) is 2.25. The van der Waals surface area contributed by atoms with Gasteiger partial charge in [0, 0.05) is 6.04 Å². The minimum absolute atomic E-state index is 0.369. The highest BCUT2D eigenvalue weighted by molar-refractivity contribution is 5.24. The fraction of sp³-hybridized carbons (Fsp3) is 0.625. The van der Waals surface area contributed by atoms with Crippen molar-refractivity contribution in [2.24, 2.45) is 11.7 Å². The Morgan fingerprint density at radius 3 is 2.47 bits per heavy atom. The van der Waals surface area contributed by atoms with Gasteiger partial charge in [0.1, 0.15) is 0 Å². The summed E-state index contributed by atoms with van der Waals surface area (Å²) in [5.74, 6) is 0.729. The van der Waals surface area contributed by atoms with Gasteiger partial charge in [0.15, 0.2) is 0 Å². The lowest BCUT2D eigenvalue weighted by atomic mass is 9.97. The number of hydrogen-bond donors (Lipinski definition) is 1. The van der Waals surface area contributed by atoms with Gasteiger partial charge in [-0.2, -0.15) is 0 Å². The molecule has 1 nitrogen and oxygen atoms in total. The Balaban J connectivity index is 2.48. The van der Waals surface area contributed by atoms with Crippen LogP contribution >= 0.6 is 0 Å². The van der Waals surface area contributed by atoms with Gasteiger partial charge < -0.3 is 5.73 Å². The van der Waals surface area contributed by atoms with E-state index < -0.39 is 0 Å². The van der Waals surface area contributed by atoms with Crippen LogP contribution in [0.1, 0.15) is 51.2 Å². The van der Waals surface area contributed by atoms with E-state index in [1.54, 1.807) is 0 Å². The molecule has 0 fully saturated rings. The number of rotatable bonds is 7. The first-order valence-corrected chi connectivity index (χ1v) is 6.95. The lowest BCUT2D eigenvalue weighted by Gasteiger charge is -2.11. The highest BCUT2D eigenvalue weighted by Crippen LogP contribution is 2.13. The summed E-state index contributed by atoms with van der Waals surface area (Å²) in [5.41, 5.74) is 8.95. The predicted molar refractivity (Wildman–Crippen MR) is 76.2 cm³/mol. The molecule has 0 radical (unpaired) electrons. The Kier molecular flexibility index (Phi) is 6.28. The predicted octanol–water partition coefficient (Wildman–Crippen LogP) is 3.95. The van der Waals surface area contributed by atoms with Gasteiger partial charge in [-0.1, -0.05) is 51.5 Å². The molecule has 1 aromatic rings. The van der Waals surface area contributed by atoms with Gasteiger partial charge in [-0.3, -0.25) is 0 Å². The van der Waals surface area contributed by atoms with Crippen LogP contribution in [-0.2, 0) is 12.8 Å². The van der Waals surface area contributed by atoms with Gasteiger partial charge in [0.05, 0.1) is 0 Å². The largest absolute Gasteiger partial charge is 0.328 e. The summed E-state index contributed by atoms with van der Waals surface area (Å²) >= 11 is 0. The van der Waals surface area contributed by atoms with Crippen LogP contribution in [0.25, 0.3) is 0 Å². The second-order valence-corrected chi connectivity index (χ2v) is 5.51. The Morgan fingerprint density at radius 1 is 1.12 bits per heavy atom. The minimum atomic E-state index is 0.369. The SMILES string of the molecule is CCCC(N)CCc1cccc(CC(C)C)c1. The van der Waals surface area contributed by atoms with Crippen molar-refractivity contribution in [1.82, 2.24) is 0 Å². The van der Waals surface area contributed by atoms with Crippen LogP contribution in [0.5, 0.6) is 0 Å². The van der Waals surface area contributed by atoms with Gasteiger partial charge in [-0.15, -0.1) is 0 Å². The van der Waals surface area contributed by atoms with Crippen molar-refractivity contribution in [2.75, 3.05) is 0 Å². The van der Waals surface area contributed by atoms with Crippen LogP contribution in [0, 0.1) is 5.92 Å². The molecule has 1 unspecified atom stereocenters. The van der Waals surface area contributed by atoms with Gasteiger partial charge in [-0.25, -0.2) is 0 Å². The van der Waals surface area contributed by atoms with E-state index in [2.05, 4.69) is 45.0 Å². The molecule has 1 rings (SSSR count). The maximum Gasteiger partial charge on any atom is 0.00418 e. The molecule has 0 amide bonds. The van der Waals surface area contributed by atoms with Crippen molar-refractivity contribution < 1.29 is 0 Å². The van der Waals surface area contributed by atoms with E-state index in [9.17, 15) is 0 Å². The summed E-state index contributed by atoms with van der Waals surface area (Å²) in [6.45, 7) is 6.73. The zero-order valence-corrected chi connectivity index (χ0v) is 11.6. The third kappa shape index (κ3) is 5.88. The second kappa shape index (κ2) is 7.50. The van der Waals surface area contributed by atoms with E-state index in [-0.39, 0.29) is 0 Å². The average Bonchev–Trinajstić information content (AvgIpc) is 2.26. The molecule has 0 saturated carbocycles. The zero-order chi connectivity index (χ0) is 12.7. The molecule has 1 aromatic carbocycles. The van der Waals surface area contributed by atoms with E-state index in [1.165, 1.54) is 24.0 Å². The van der Waals surface area contributed by atoms with Gasteiger partial charge in [-0.05, 0) is 42.7 Å². The molecule has 0 aliphatic carbocycles. The normalized spacial score (nSPS) is 13.0. The molecule has 0 bridgehead atoms. The number of benzene rings is 1. The minimum Gasteiger partial charge on any atom is -0.328 e. The van der Waals surface area contributed by atoms with Crippen LogP contribution in [0.15, 0.2) is 24.3 Å². The molecule has 0 aliphatic heterocycles. The molecule has 96 valence electrons. The first-order valence-electron chi connectivity index (χ1n) is 6.95. The molecule has 0 saturated heterocycles. The Labute approximate surface area is 106 Å². The number of aryl methyl sites for hydroxylation is 1. The summed E-state index contributed by atoms with van der Waals surface area (Å²) in [4.78, 5) is 0. The highest BCUT2D eigenvalue weighted by atomic mass is 14.6. The first kappa shape index (κ1) is 14.2. The third-order valence-electron chi connectivity index (χ3n) is 3.10. The lowest BCUT2D eigenvalue weighted by molar-refractivity contribution is 0.560. The first-order chi connectivity index (χ1) is 8.11. The van der Waals surface area contributed by atoms with Crippen molar-refractivity contribution in [3.8, 4) is 0 Å². The van der Waals surface area contributed by atoms with Crippen molar-refractivity contribution in [3.63, 3.8) is 0 Å². The summed E-state index contributed by atoms with van der Waals surface area (Å²) in [6, 6.07) is 9.35. The molecule has 1 heteroatoms. The van der Waals surface area contributed by atoms with E-state index in [4.69, 9.17) is 5.73 Å². The van der Waals surface area contributed by atoms with Gasteiger partial charge in [0.25, 0.3) is 0 Å². The Morgan fingerprint density at radius 2 is 1.82 bits per heavy atom. The van der Waals surface area contributed by atoms with Crippen LogP contribution in [0.3, 0.4) is 0 Å². The lowest BCUT2D eigenvalue weighted by Crippen LogP contribution is -2.20. The summed E-state index contributed by atoms with van der Waals surface area (Å²) in [7, 11) is 0. The molecular weight excluding hydrogens is 206 g/mol. The average molecular weight is 233 g/mol. The maximum atomic E-state index is 6.05. The molecular formula is C16H27N. The van der Waals surface area contributed by atoms with Crippen LogP contribution in [-0.4, -0.2) is 6.04 Å². The van der Waals surface area contributed by atoms with Crippen LogP contribution < -0.4 is 5.73 Å². The molecule has 17 heavy (non-hydrogen) atoms. The van der Waals surface area contributed by atoms with E-state index >= 15 is 0 Å². The van der Waals surface area contributed by atoms with Crippen molar-refractivity contribution in [3.05, 3.63) is 35.4 Å². The molecule has 0 spiro atoms. The smallest absolute Gasteiger partial charge is 0.00418 e. The molecule has 0 aliphatic rings. The summed E-state index contributed by atoms with van der Waals surface area (Å²) in [5, 5.41) is 0. The van der Waals surface area contributed by atoms with Crippen molar-refractivity contribution in [2.45, 2.75) is 58.9 Å². The molecule has 0 heterocycles. The van der Waals surface area contributed by atoms with Crippen LogP contribution in [0.2, 0.25) is 0 Å². The highest BCUT2D eigenvalue weighted by Gasteiger charge is 2.03. The standard InChI is InChI=1S/C16H27N/c1-4-6-16(17)10-9-14-7-5-8-15(12-14)11-13(2)3/h5,7-8,12-13,16H,4,6,9-11,17H2,1-3H3. The number of nitrogens with two attached hydrogens (primary N) is 1. The Hall–Kier alpha value is -0.820.